The first-order chi connectivity index (χ1) is 41.2. The molecule has 0 unspecified atom stereocenters. The molecule has 0 N–H and O–H groups in total. The van der Waals surface area contributed by atoms with Crippen molar-refractivity contribution in [2.75, 3.05) is 9.80 Å². The molecule has 2 aliphatic rings. The second-order valence-electron chi connectivity index (χ2n) is 26.1. The molecule has 0 spiro atoms. The van der Waals surface area contributed by atoms with Crippen molar-refractivity contribution in [3.63, 3.8) is 0 Å². The third kappa shape index (κ3) is 9.34. The van der Waals surface area contributed by atoms with Crippen LogP contribution in [0.15, 0.2) is 224 Å². The second-order valence-corrected chi connectivity index (χ2v) is 26.1. The molecular weight excluding hydrogens is 1060 g/mol. The molecule has 422 valence electrons. The van der Waals surface area contributed by atoms with Crippen LogP contribution in [0, 0.1) is 0 Å². The van der Waals surface area contributed by atoms with Gasteiger partial charge in [-0.1, -0.05) is 196 Å². The van der Waals surface area contributed by atoms with E-state index in [1.54, 1.807) is 6.07 Å². The summed E-state index contributed by atoms with van der Waals surface area (Å²) < 4.78 is 47.5. The molecule has 2 aliphatic heterocycles. The Kier molecular flexibility index (Phi) is 12.7. The van der Waals surface area contributed by atoms with Gasteiger partial charge in [0.1, 0.15) is 0 Å². The van der Waals surface area contributed by atoms with Crippen LogP contribution in [0.25, 0.3) is 72.8 Å². The number of hydrogen-bond acceptors (Lipinski definition) is 5. The number of alkyl halides is 3. The van der Waals surface area contributed by atoms with Crippen molar-refractivity contribution in [3.05, 3.63) is 247 Å². The Balaban J connectivity index is 1.05. The van der Waals surface area contributed by atoms with E-state index in [0.29, 0.717) is 28.5 Å². The predicted molar refractivity (Wildman–Crippen MR) is 351 cm³/mol. The quantitative estimate of drug-likeness (QED) is 0.149. The number of halogens is 3. The van der Waals surface area contributed by atoms with Gasteiger partial charge in [-0.15, -0.1) is 0 Å². The smallest absolute Gasteiger partial charge is 0.311 e. The number of benzene rings is 10. The van der Waals surface area contributed by atoms with Crippen molar-refractivity contribution in [1.82, 2.24) is 19.5 Å². The minimum Gasteiger partial charge on any atom is -0.311 e. The SMILES string of the molecule is CC(C)(C)c1ccc2c(c1)B1c3cc(C(C)(C)C)ccc3N(c3ccccc3)c3cc(-c4ccc5c(c4)c4cc(C(C)(C)C)ccc4n5-c4ccc(C(F)(F)F)cc4-c4nc(-c5ccccc5)nc(-c5ccccc5)n4)cc(c31)N2c1ccccc1. The lowest BCUT2D eigenvalue weighted by atomic mass is 9.33. The van der Waals surface area contributed by atoms with Gasteiger partial charge in [-0.2, -0.15) is 13.2 Å². The highest BCUT2D eigenvalue weighted by Gasteiger charge is 2.45. The Labute approximate surface area is 501 Å². The highest BCUT2D eigenvalue weighted by molar-refractivity contribution is 7.00. The van der Waals surface area contributed by atoms with Crippen LogP contribution in [0.3, 0.4) is 0 Å². The van der Waals surface area contributed by atoms with Crippen LogP contribution in [0.2, 0.25) is 0 Å². The first kappa shape index (κ1) is 54.4. The Hall–Kier alpha value is -9.54. The van der Waals surface area contributed by atoms with E-state index in [1.165, 1.54) is 39.6 Å². The zero-order valence-corrected chi connectivity index (χ0v) is 49.8. The molecule has 4 heterocycles. The zero-order chi connectivity index (χ0) is 59.6. The molecule has 0 amide bonds. The molecule has 0 saturated carbocycles. The molecule has 0 bridgehead atoms. The molecule has 10 heteroatoms. The molecule has 0 radical (unpaired) electrons. The van der Waals surface area contributed by atoms with Gasteiger partial charge in [0.2, 0.25) is 0 Å². The summed E-state index contributed by atoms with van der Waals surface area (Å²) in [5.41, 5.74) is 18.6. The Morgan fingerprint density at radius 3 is 1.22 bits per heavy atom. The fourth-order valence-corrected chi connectivity index (χ4v) is 12.8. The highest BCUT2D eigenvalue weighted by atomic mass is 19.4. The molecule has 2 aromatic heterocycles. The van der Waals surface area contributed by atoms with Gasteiger partial charge >= 0.3 is 6.18 Å². The van der Waals surface area contributed by atoms with E-state index in [0.717, 1.165) is 72.6 Å². The molecule has 6 nitrogen and oxygen atoms in total. The first-order valence-corrected chi connectivity index (χ1v) is 29.5. The van der Waals surface area contributed by atoms with E-state index in [1.807, 2.05) is 60.7 Å². The number of aromatic nitrogens is 4. The van der Waals surface area contributed by atoms with Crippen LogP contribution < -0.4 is 26.2 Å². The molecule has 86 heavy (non-hydrogen) atoms. The van der Waals surface area contributed by atoms with Gasteiger partial charge < -0.3 is 14.4 Å². The minimum atomic E-state index is -4.66. The topological polar surface area (TPSA) is 50.1 Å². The molecule has 0 atom stereocenters. The Morgan fingerprint density at radius 2 is 0.744 bits per heavy atom. The highest BCUT2D eigenvalue weighted by Crippen LogP contribution is 2.49. The second kappa shape index (κ2) is 20.1. The van der Waals surface area contributed by atoms with E-state index in [-0.39, 0.29) is 34.3 Å². The largest absolute Gasteiger partial charge is 0.416 e. The van der Waals surface area contributed by atoms with E-state index in [9.17, 15) is 0 Å². The summed E-state index contributed by atoms with van der Waals surface area (Å²) in [5.74, 6) is 0.821. The van der Waals surface area contributed by atoms with Crippen LogP contribution in [0.1, 0.15) is 84.6 Å². The zero-order valence-electron chi connectivity index (χ0n) is 49.8. The van der Waals surface area contributed by atoms with Crippen molar-refractivity contribution in [3.8, 4) is 51.0 Å². The van der Waals surface area contributed by atoms with E-state index >= 15 is 13.2 Å². The molecule has 12 aromatic rings. The maximum absolute atomic E-state index is 15.1. The summed E-state index contributed by atoms with van der Waals surface area (Å²) >= 11 is 0. The standard InChI is InChI=1S/C76H64BF3N6/c1-73(2,3)51-31-36-63-58(43-51)57-40-49(30-35-62(57)86(63)64-37-34-54(76(78,79)80)44-59(64)72-82-70(47-22-14-10-15-23-47)81-71(83-72)48-24-16-11-17-25-48)50-41-67-69-68(42-50)85(56-28-20-13-21-29-56)66-39-33-53(75(7,8)9)46-61(66)77(69)60-45-52(74(4,5)6)32-38-65(60)84(67)55-26-18-12-19-27-55/h10-46H,1-9H3. The third-order valence-corrected chi connectivity index (χ3v) is 17.3. The number of anilines is 6. The van der Waals surface area contributed by atoms with Gasteiger partial charge in [0, 0.05) is 61.6 Å². The monoisotopic (exact) mass is 1130 g/mol. The van der Waals surface area contributed by atoms with Gasteiger partial charge in [-0.25, -0.2) is 15.0 Å². The number of nitrogens with zero attached hydrogens (tertiary/aromatic N) is 6. The van der Waals surface area contributed by atoms with Crippen molar-refractivity contribution >= 4 is 79.0 Å². The van der Waals surface area contributed by atoms with Crippen molar-refractivity contribution in [2.45, 2.75) is 84.7 Å². The van der Waals surface area contributed by atoms with Gasteiger partial charge in [-0.3, -0.25) is 0 Å². The normalized spacial score (nSPS) is 13.3. The lowest BCUT2D eigenvalue weighted by Crippen LogP contribution is -2.61. The van der Waals surface area contributed by atoms with E-state index in [2.05, 4.69) is 222 Å². The average molecular weight is 1130 g/mol. The molecule has 10 aromatic carbocycles. The summed E-state index contributed by atoms with van der Waals surface area (Å²) in [5, 5.41) is 1.92. The molecular formula is C76H64BF3N6. The predicted octanol–water partition coefficient (Wildman–Crippen LogP) is 18.6. The fourth-order valence-electron chi connectivity index (χ4n) is 12.8. The third-order valence-electron chi connectivity index (χ3n) is 17.3. The first-order valence-electron chi connectivity index (χ1n) is 29.5. The average Bonchev–Trinajstić information content (AvgIpc) is 0.748. The van der Waals surface area contributed by atoms with Crippen molar-refractivity contribution in [2.24, 2.45) is 0 Å². The van der Waals surface area contributed by atoms with Gasteiger partial charge in [0.05, 0.1) is 22.3 Å². The van der Waals surface area contributed by atoms with Crippen molar-refractivity contribution < 1.29 is 13.2 Å². The number of para-hydroxylation sites is 2. The molecule has 0 saturated heterocycles. The summed E-state index contributed by atoms with van der Waals surface area (Å²) in [6.07, 6.45) is -4.66. The lowest BCUT2D eigenvalue weighted by Gasteiger charge is -2.45. The van der Waals surface area contributed by atoms with Crippen LogP contribution in [-0.4, -0.2) is 26.2 Å². The summed E-state index contributed by atoms with van der Waals surface area (Å²) in [7, 11) is 0. The van der Waals surface area contributed by atoms with Crippen molar-refractivity contribution in [1.29, 1.82) is 0 Å². The number of rotatable bonds is 7. The van der Waals surface area contributed by atoms with E-state index in [4.69, 9.17) is 15.0 Å². The van der Waals surface area contributed by atoms with Crippen LogP contribution in [0.4, 0.5) is 47.3 Å². The number of hydrogen-bond donors (Lipinski definition) is 0. The van der Waals surface area contributed by atoms with Crippen LogP contribution in [0.5, 0.6) is 0 Å². The fraction of sp³-hybridized carbons (Fsp3) is 0.171. The molecule has 0 fully saturated rings. The maximum Gasteiger partial charge on any atom is 0.416 e. The summed E-state index contributed by atoms with van der Waals surface area (Å²) in [4.78, 5) is 19.9. The van der Waals surface area contributed by atoms with Gasteiger partial charge in [0.15, 0.2) is 17.5 Å². The number of fused-ring (bicyclic) bond motifs is 7. The summed E-state index contributed by atoms with van der Waals surface area (Å²) in [6.45, 7) is 20.3. The van der Waals surface area contributed by atoms with Gasteiger partial charge in [-0.05, 0) is 151 Å². The van der Waals surface area contributed by atoms with E-state index < -0.39 is 11.7 Å². The van der Waals surface area contributed by atoms with Gasteiger partial charge in [0.25, 0.3) is 6.71 Å². The van der Waals surface area contributed by atoms with Crippen LogP contribution in [-0.2, 0) is 22.4 Å². The molecule has 14 rings (SSSR count). The molecule has 0 aliphatic carbocycles. The van der Waals surface area contributed by atoms with Crippen LogP contribution >= 0.6 is 0 Å². The summed E-state index contributed by atoms with van der Waals surface area (Å²) in [6, 6.07) is 76.4. The lowest BCUT2D eigenvalue weighted by molar-refractivity contribution is -0.137. The maximum atomic E-state index is 15.1. The Bertz CT molecular complexity index is 4450. The minimum absolute atomic E-state index is 0.102. The Morgan fingerprint density at radius 1 is 0.337 bits per heavy atom.